The van der Waals surface area contributed by atoms with E-state index in [9.17, 15) is 4.79 Å². The van der Waals surface area contributed by atoms with E-state index < -0.39 is 0 Å². The van der Waals surface area contributed by atoms with Gasteiger partial charge in [-0.15, -0.1) is 0 Å². The predicted molar refractivity (Wildman–Crippen MR) is 106 cm³/mol. The Hall–Kier alpha value is -2.18. The molecule has 0 radical (unpaired) electrons. The van der Waals surface area contributed by atoms with E-state index >= 15 is 0 Å². The summed E-state index contributed by atoms with van der Waals surface area (Å²) < 4.78 is 6.45. The molecular weight excluding hydrogens is 400 g/mol. The van der Waals surface area contributed by atoms with E-state index in [-0.39, 0.29) is 5.91 Å². The smallest absolute Gasteiger partial charge is 0.257 e. The Balaban J connectivity index is 1.86. The second-order valence-corrected chi connectivity index (χ2v) is 7.06. The van der Waals surface area contributed by atoms with Crippen LogP contribution in [0.3, 0.4) is 0 Å². The molecular formula is C19H17BrN2O2S. The van der Waals surface area contributed by atoms with Crippen LogP contribution in [0.1, 0.15) is 23.0 Å². The number of thiophene rings is 1. The molecule has 3 aromatic rings. The van der Waals surface area contributed by atoms with Gasteiger partial charge < -0.3 is 10.1 Å². The van der Waals surface area contributed by atoms with Crippen LogP contribution in [0.2, 0.25) is 0 Å². The summed E-state index contributed by atoms with van der Waals surface area (Å²) in [6, 6.07) is 11.2. The predicted octanol–water partition coefficient (Wildman–Crippen LogP) is 5.53. The molecule has 1 N–H and O–H groups in total. The summed E-state index contributed by atoms with van der Waals surface area (Å²) in [6.45, 7) is 4.28. The highest BCUT2D eigenvalue weighted by Gasteiger charge is 2.14. The number of anilines is 1. The van der Waals surface area contributed by atoms with Crippen LogP contribution in [0.15, 0.2) is 51.6 Å². The Morgan fingerprint density at radius 2 is 2.12 bits per heavy atom. The van der Waals surface area contributed by atoms with Crippen molar-refractivity contribution in [2.45, 2.75) is 13.8 Å². The fourth-order valence-electron chi connectivity index (χ4n) is 2.44. The molecule has 0 aliphatic rings. The Bertz CT molecular complexity index is 894. The van der Waals surface area contributed by atoms with E-state index in [1.165, 1.54) is 0 Å². The van der Waals surface area contributed by atoms with Crippen LogP contribution in [-0.4, -0.2) is 17.5 Å². The highest BCUT2D eigenvalue weighted by molar-refractivity contribution is 9.10. The van der Waals surface area contributed by atoms with Gasteiger partial charge in [-0.05, 0) is 55.6 Å². The van der Waals surface area contributed by atoms with Crippen molar-refractivity contribution < 1.29 is 9.53 Å². The molecule has 0 spiro atoms. The van der Waals surface area contributed by atoms with Gasteiger partial charge in [-0.2, -0.15) is 11.3 Å². The largest absolute Gasteiger partial charge is 0.492 e. The van der Waals surface area contributed by atoms with Crippen LogP contribution < -0.4 is 10.1 Å². The lowest BCUT2D eigenvalue weighted by Gasteiger charge is -2.13. The summed E-state index contributed by atoms with van der Waals surface area (Å²) in [4.78, 5) is 17.2. The molecule has 0 aliphatic heterocycles. The number of benzene rings is 1. The average molecular weight is 417 g/mol. The highest BCUT2D eigenvalue weighted by atomic mass is 79.9. The fourth-order valence-corrected chi connectivity index (χ4v) is 3.45. The second kappa shape index (κ2) is 7.80. The number of rotatable bonds is 5. The first kappa shape index (κ1) is 17.6. The summed E-state index contributed by atoms with van der Waals surface area (Å²) in [5, 5.41) is 6.96. The summed E-state index contributed by atoms with van der Waals surface area (Å²) in [6.07, 6.45) is 0. The molecule has 0 aliphatic carbocycles. The number of pyridine rings is 1. The van der Waals surface area contributed by atoms with Gasteiger partial charge in [0.05, 0.1) is 29.2 Å². The fraction of sp³-hybridized carbons (Fsp3) is 0.158. The minimum atomic E-state index is -0.207. The van der Waals surface area contributed by atoms with Gasteiger partial charge in [-0.3, -0.25) is 9.78 Å². The summed E-state index contributed by atoms with van der Waals surface area (Å²) >= 11 is 5.04. The van der Waals surface area contributed by atoms with Gasteiger partial charge in [0.15, 0.2) is 0 Å². The maximum absolute atomic E-state index is 12.7. The molecule has 128 valence electrons. The molecule has 0 fully saturated rings. The van der Waals surface area contributed by atoms with Crippen molar-refractivity contribution >= 4 is 38.9 Å². The van der Waals surface area contributed by atoms with Gasteiger partial charge in [0.25, 0.3) is 5.91 Å². The normalized spacial score (nSPS) is 10.5. The zero-order valence-electron chi connectivity index (χ0n) is 13.9. The van der Waals surface area contributed by atoms with Crippen molar-refractivity contribution in [1.82, 2.24) is 4.98 Å². The van der Waals surface area contributed by atoms with E-state index in [0.717, 1.165) is 15.7 Å². The van der Waals surface area contributed by atoms with Crippen molar-refractivity contribution in [2.75, 3.05) is 11.9 Å². The lowest BCUT2D eigenvalue weighted by molar-refractivity contribution is 0.102. The molecule has 0 saturated heterocycles. The van der Waals surface area contributed by atoms with Gasteiger partial charge in [0.1, 0.15) is 5.75 Å². The second-order valence-electron chi connectivity index (χ2n) is 5.37. The van der Waals surface area contributed by atoms with Crippen LogP contribution >= 0.6 is 27.3 Å². The van der Waals surface area contributed by atoms with Crippen molar-refractivity contribution in [3.05, 3.63) is 62.9 Å². The van der Waals surface area contributed by atoms with Gasteiger partial charge in [0.2, 0.25) is 0 Å². The summed E-state index contributed by atoms with van der Waals surface area (Å²) in [5.74, 6) is 0.431. The number of nitrogens with one attached hydrogen (secondary N) is 1. The first-order valence-corrected chi connectivity index (χ1v) is 9.56. The molecule has 1 amide bonds. The topological polar surface area (TPSA) is 51.2 Å². The number of nitrogens with zero attached hydrogens (tertiary/aromatic N) is 1. The van der Waals surface area contributed by atoms with Crippen molar-refractivity contribution in [3.63, 3.8) is 0 Å². The first-order valence-electron chi connectivity index (χ1n) is 7.82. The van der Waals surface area contributed by atoms with E-state index in [4.69, 9.17) is 4.74 Å². The molecule has 0 bridgehead atoms. The van der Waals surface area contributed by atoms with Gasteiger partial charge >= 0.3 is 0 Å². The number of carbonyl (C=O) groups is 1. The number of hydrogen-bond donors (Lipinski definition) is 1. The number of aryl methyl sites for hydroxylation is 1. The first-order chi connectivity index (χ1) is 12.1. The zero-order chi connectivity index (χ0) is 17.8. The van der Waals surface area contributed by atoms with E-state index in [0.29, 0.717) is 29.3 Å². The van der Waals surface area contributed by atoms with Crippen LogP contribution in [0.4, 0.5) is 5.69 Å². The summed E-state index contributed by atoms with van der Waals surface area (Å²) in [5.41, 5.74) is 3.79. The van der Waals surface area contributed by atoms with E-state index in [2.05, 4.69) is 26.2 Å². The van der Waals surface area contributed by atoms with Crippen LogP contribution in [0, 0.1) is 6.92 Å². The maximum atomic E-state index is 12.7. The Labute approximate surface area is 159 Å². The average Bonchev–Trinajstić information content (AvgIpc) is 3.12. The third-order valence-corrected chi connectivity index (χ3v) is 4.81. The number of carbonyl (C=O) groups excluding carboxylic acids is 1. The number of aromatic nitrogens is 1. The molecule has 0 atom stereocenters. The molecule has 25 heavy (non-hydrogen) atoms. The lowest BCUT2D eigenvalue weighted by atomic mass is 10.1. The lowest BCUT2D eigenvalue weighted by Crippen LogP contribution is -2.15. The SMILES string of the molecule is CCOc1ccc(Br)cc1NC(=O)c1ccc(-c2ccsc2)nc1C. The molecule has 4 nitrogen and oxygen atoms in total. The molecule has 3 rings (SSSR count). The molecule has 6 heteroatoms. The van der Waals surface area contributed by atoms with Crippen molar-refractivity contribution in [2.24, 2.45) is 0 Å². The van der Waals surface area contributed by atoms with Crippen molar-refractivity contribution in [1.29, 1.82) is 0 Å². The van der Waals surface area contributed by atoms with Crippen LogP contribution in [0.5, 0.6) is 5.75 Å². The van der Waals surface area contributed by atoms with Crippen LogP contribution in [-0.2, 0) is 0 Å². The third-order valence-electron chi connectivity index (χ3n) is 3.64. The molecule has 0 saturated carbocycles. The van der Waals surface area contributed by atoms with E-state index in [1.807, 2.05) is 61.0 Å². The summed E-state index contributed by atoms with van der Waals surface area (Å²) in [7, 11) is 0. The van der Waals surface area contributed by atoms with E-state index in [1.54, 1.807) is 11.3 Å². The highest BCUT2D eigenvalue weighted by Crippen LogP contribution is 2.29. The number of ether oxygens (including phenoxy) is 1. The Kier molecular flexibility index (Phi) is 5.50. The third kappa shape index (κ3) is 4.08. The molecule has 2 heterocycles. The number of hydrogen-bond acceptors (Lipinski definition) is 4. The zero-order valence-corrected chi connectivity index (χ0v) is 16.3. The number of halogens is 1. The quantitative estimate of drug-likeness (QED) is 0.594. The molecule has 2 aromatic heterocycles. The standard InChI is InChI=1S/C19H17BrN2O2S/c1-3-24-18-7-4-14(20)10-17(18)22-19(23)15-5-6-16(21-12(15)2)13-8-9-25-11-13/h4-11H,3H2,1-2H3,(H,22,23). The monoisotopic (exact) mass is 416 g/mol. The minimum Gasteiger partial charge on any atom is -0.492 e. The minimum absolute atomic E-state index is 0.207. The van der Waals surface area contributed by atoms with Gasteiger partial charge in [-0.25, -0.2) is 0 Å². The van der Waals surface area contributed by atoms with Crippen molar-refractivity contribution in [3.8, 4) is 17.0 Å². The molecule has 0 unspecified atom stereocenters. The maximum Gasteiger partial charge on any atom is 0.257 e. The van der Waals surface area contributed by atoms with Crippen LogP contribution in [0.25, 0.3) is 11.3 Å². The molecule has 1 aromatic carbocycles. The van der Waals surface area contributed by atoms with Gasteiger partial charge in [0, 0.05) is 15.4 Å². The van der Waals surface area contributed by atoms with Gasteiger partial charge in [-0.1, -0.05) is 15.9 Å². The Morgan fingerprint density at radius 1 is 1.28 bits per heavy atom. The number of amides is 1. The Morgan fingerprint density at radius 3 is 2.80 bits per heavy atom.